The van der Waals surface area contributed by atoms with Crippen LogP contribution in [-0.4, -0.2) is 0 Å². The minimum Gasteiger partial charge on any atom is -0.310 e. The van der Waals surface area contributed by atoms with Crippen LogP contribution in [0.25, 0.3) is 21.9 Å². The zero-order valence-corrected chi connectivity index (χ0v) is 31.3. The Morgan fingerprint density at radius 2 is 1.02 bits per heavy atom. The summed E-state index contributed by atoms with van der Waals surface area (Å²) < 4.78 is 0. The molecule has 52 heavy (non-hydrogen) atoms. The average Bonchev–Trinajstić information content (AvgIpc) is 3.15. The highest BCUT2D eigenvalue weighted by molar-refractivity contribution is 5.97. The first-order chi connectivity index (χ1) is 24.9. The molecule has 0 unspecified atom stereocenters. The van der Waals surface area contributed by atoms with Gasteiger partial charge in [0.05, 0.1) is 17.1 Å². The van der Waals surface area contributed by atoms with Crippen molar-refractivity contribution in [1.29, 1.82) is 0 Å². The van der Waals surface area contributed by atoms with Crippen LogP contribution in [0.2, 0.25) is 0 Å². The molecule has 0 saturated carbocycles. The van der Waals surface area contributed by atoms with Crippen molar-refractivity contribution in [3.63, 3.8) is 0 Å². The second-order valence-corrected chi connectivity index (χ2v) is 16.7. The maximum atomic E-state index is 2.54. The molecule has 0 aromatic heterocycles. The summed E-state index contributed by atoms with van der Waals surface area (Å²) in [6.45, 7) is 16.4. The Bertz CT molecular complexity index is 2490. The van der Waals surface area contributed by atoms with Gasteiger partial charge in [0.2, 0.25) is 0 Å². The van der Waals surface area contributed by atoms with Crippen LogP contribution >= 0.6 is 0 Å². The summed E-state index contributed by atoms with van der Waals surface area (Å²) in [6.07, 6.45) is 0. The van der Waals surface area contributed by atoms with Crippen LogP contribution in [0.4, 0.5) is 34.1 Å². The van der Waals surface area contributed by atoms with E-state index in [1.807, 2.05) is 0 Å². The molecule has 0 saturated heterocycles. The van der Waals surface area contributed by atoms with Crippen LogP contribution in [0.15, 0.2) is 152 Å². The zero-order valence-electron chi connectivity index (χ0n) is 31.3. The van der Waals surface area contributed by atoms with Gasteiger partial charge in [-0.15, -0.1) is 0 Å². The monoisotopic (exact) mass is 674 g/mol. The molecule has 2 nitrogen and oxygen atoms in total. The van der Waals surface area contributed by atoms with E-state index in [9.17, 15) is 0 Å². The third-order valence-electron chi connectivity index (χ3n) is 11.8. The topological polar surface area (TPSA) is 6.48 Å². The lowest BCUT2D eigenvalue weighted by molar-refractivity contribution is 0.590. The molecule has 0 amide bonds. The van der Waals surface area contributed by atoms with Gasteiger partial charge in [-0.3, -0.25) is 0 Å². The summed E-state index contributed by atoms with van der Waals surface area (Å²) >= 11 is 0. The van der Waals surface area contributed by atoms with Gasteiger partial charge in [0.1, 0.15) is 0 Å². The highest BCUT2D eigenvalue weighted by Crippen LogP contribution is 2.60. The third-order valence-corrected chi connectivity index (χ3v) is 11.8. The minimum absolute atomic E-state index is 0.0743. The van der Waals surface area contributed by atoms with Crippen molar-refractivity contribution in [3.8, 4) is 11.1 Å². The molecule has 2 heteroatoms. The summed E-state index contributed by atoms with van der Waals surface area (Å²) in [5.41, 5.74) is 16.3. The van der Waals surface area contributed by atoms with E-state index in [0.29, 0.717) is 0 Å². The van der Waals surface area contributed by atoms with Crippen molar-refractivity contribution in [1.82, 2.24) is 0 Å². The fourth-order valence-electron chi connectivity index (χ4n) is 8.83. The first-order valence-electron chi connectivity index (χ1n) is 18.6. The van der Waals surface area contributed by atoms with E-state index < -0.39 is 0 Å². The van der Waals surface area contributed by atoms with Gasteiger partial charge in [0, 0.05) is 27.9 Å². The maximum Gasteiger partial charge on any atom is 0.0543 e. The summed E-state index contributed by atoms with van der Waals surface area (Å²) in [5.74, 6) is 0. The average molecular weight is 675 g/mol. The Morgan fingerprint density at radius 1 is 0.481 bits per heavy atom. The van der Waals surface area contributed by atoms with Gasteiger partial charge in [-0.1, -0.05) is 152 Å². The maximum absolute atomic E-state index is 2.54. The summed E-state index contributed by atoms with van der Waals surface area (Å²) in [5, 5.41) is 2.53. The highest BCUT2D eigenvalue weighted by atomic mass is 15.2. The van der Waals surface area contributed by atoms with Gasteiger partial charge in [0.25, 0.3) is 0 Å². The standard InChI is InChI=1S/C50H46N2/c1-48(2,3)35-24-28-37(29-25-35)51(36-26-22-34(23-27-36)40-17-12-15-33-14-8-9-16-39(33)40)38-30-31-46-44(32-38)50(6,7)43-20-13-19-42-47(43)52(46)45-21-11-10-18-41(45)49(42,4)5/h8-32H,1-7H3. The van der Waals surface area contributed by atoms with E-state index in [1.165, 1.54) is 66.8 Å². The lowest BCUT2D eigenvalue weighted by Crippen LogP contribution is -2.38. The van der Waals surface area contributed by atoms with E-state index in [-0.39, 0.29) is 16.2 Å². The van der Waals surface area contributed by atoms with Crippen molar-refractivity contribution >= 4 is 44.9 Å². The molecule has 0 N–H and O–H groups in total. The van der Waals surface area contributed by atoms with Crippen LogP contribution < -0.4 is 9.80 Å². The molecule has 7 aromatic rings. The lowest BCUT2D eigenvalue weighted by atomic mass is 9.66. The van der Waals surface area contributed by atoms with Gasteiger partial charge in [0.15, 0.2) is 0 Å². The van der Waals surface area contributed by atoms with Gasteiger partial charge in [-0.2, -0.15) is 0 Å². The smallest absolute Gasteiger partial charge is 0.0543 e. The van der Waals surface area contributed by atoms with E-state index >= 15 is 0 Å². The molecule has 256 valence electrons. The van der Waals surface area contributed by atoms with Crippen molar-refractivity contribution in [2.24, 2.45) is 0 Å². The van der Waals surface area contributed by atoms with E-state index in [2.05, 4.69) is 210 Å². The molecule has 0 fully saturated rings. The largest absolute Gasteiger partial charge is 0.310 e. The summed E-state index contributed by atoms with van der Waals surface area (Å²) in [4.78, 5) is 4.96. The summed E-state index contributed by atoms with van der Waals surface area (Å²) in [6, 6.07) is 56.6. The van der Waals surface area contributed by atoms with Gasteiger partial charge < -0.3 is 9.80 Å². The molecule has 0 spiro atoms. The molecule has 9 rings (SSSR count). The molecular weight excluding hydrogens is 629 g/mol. The Hall–Kier alpha value is -5.60. The van der Waals surface area contributed by atoms with Crippen LogP contribution in [0, 0.1) is 0 Å². The molecule has 2 aliphatic heterocycles. The van der Waals surface area contributed by atoms with Crippen LogP contribution in [-0.2, 0) is 16.2 Å². The van der Waals surface area contributed by atoms with Crippen molar-refractivity contribution in [2.45, 2.75) is 64.7 Å². The molecule has 0 aliphatic carbocycles. The molecule has 7 aromatic carbocycles. The Kier molecular flexibility index (Phi) is 7.12. The number of rotatable bonds is 4. The Labute approximate surface area is 309 Å². The van der Waals surface area contributed by atoms with Crippen LogP contribution in [0.1, 0.15) is 76.3 Å². The zero-order chi connectivity index (χ0) is 36.0. The number of hydrogen-bond acceptors (Lipinski definition) is 2. The fraction of sp³-hybridized carbons (Fsp3) is 0.200. The van der Waals surface area contributed by atoms with Gasteiger partial charge >= 0.3 is 0 Å². The molecule has 2 aliphatic rings. The first-order valence-corrected chi connectivity index (χ1v) is 18.6. The predicted molar refractivity (Wildman–Crippen MR) is 222 cm³/mol. The van der Waals surface area contributed by atoms with E-state index in [0.717, 1.165) is 17.1 Å². The van der Waals surface area contributed by atoms with Gasteiger partial charge in [-0.05, 0) is 104 Å². The lowest BCUT2D eigenvalue weighted by Gasteiger charge is -2.49. The normalized spacial score (nSPS) is 15.1. The quantitative estimate of drug-likeness (QED) is 0.183. The molecule has 0 radical (unpaired) electrons. The van der Waals surface area contributed by atoms with Crippen molar-refractivity contribution in [3.05, 3.63) is 179 Å². The van der Waals surface area contributed by atoms with Gasteiger partial charge in [-0.25, -0.2) is 0 Å². The van der Waals surface area contributed by atoms with E-state index in [1.54, 1.807) is 0 Å². The number of hydrogen-bond donors (Lipinski definition) is 0. The number of fused-ring (bicyclic) bond motifs is 5. The third kappa shape index (κ3) is 4.84. The number of anilines is 6. The molecule has 2 heterocycles. The SMILES string of the molecule is CC(C)(C)c1ccc(N(c2ccc(-c3cccc4ccccc34)cc2)c2ccc3c(c2)C(C)(C)c2cccc4c2N3c2ccccc2C4(C)C)cc1. The first kappa shape index (κ1) is 32.3. The van der Waals surface area contributed by atoms with Crippen LogP contribution in [0.3, 0.4) is 0 Å². The molecule has 0 atom stereocenters. The molecule has 0 bridgehead atoms. The van der Waals surface area contributed by atoms with E-state index in [4.69, 9.17) is 0 Å². The predicted octanol–water partition coefficient (Wildman–Crippen LogP) is 14.0. The number of benzene rings is 7. The summed E-state index contributed by atoms with van der Waals surface area (Å²) in [7, 11) is 0. The Morgan fingerprint density at radius 3 is 1.73 bits per heavy atom. The van der Waals surface area contributed by atoms with Crippen molar-refractivity contribution < 1.29 is 0 Å². The van der Waals surface area contributed by atoms with Crippen molar-refractivity contribution in [2.75, 3.05) is 9.80 Å². The second-order valence-electron chi connectivity index (χ2n) is 16.7. The number of nitrogens with zero attached hydrogens (tertiary/aromatic N) is 2. The van der Waals surface area contributed by atoms with Crippen LogP contribution in [0.5, 0.6) is 0 Å². The second kappa shape index (κ2) is 11.5. The minimum atomic E-state index is -0.213. The highest BCUT2D eigenvalue weighted by Gasteiger charge is 2.45. The molecular formula is C50H46N2. The Balaban J connectivity index is 1.21. The number of para-hydroxylation sites is 2. The fourth-order valence-corrected chi connectivity index (χ4v) is 8.83.